The lowest BCUT2D eigenvalue weighted by atomic mass is 10.1. The lowest BCUT2D eigenvalue weighted by Crippen LogP contribution is -2.02. The number of Topliss-reactive ketones (excluding diaryl/α,β-unsaturated/α-hetero) is 1. The molecule has 0 N–H and O–H groups in total. The van der Waals surface area contributed by atoms with Gasteiger partial charge in [-0.3, -0.25) is 4.79 Å². The van der Waals surface area contributed by atoms with Crippen molar-refractivity contribution in [3.63, 3.8) is 0 Å². The molecule has 2 nitrogen and oxygen atoms in total. The highest BCUT2D eigenvalue weighted by Crippen LogP contribution is 2.27. The Bertz CT molecular complexity index is 741. The molecule has 0 amide bonds. The lowest BCUT2D eigenvalue weighted by molar-refractivity contribution is 0.0968. The Kier molecular flexibility index (Phi) is 2.95. The first-order valence-corrected chi connectivity index (χ1v) is 6.77. The van der Waals surface area contributed by atoms with Gasteiger partial charge in [0.25, 0.3) is 0 Å². The molecule has 1 aromatic carbocycles. The number of carbonyl (C=O) groups is 1. The number of hydrogen-bond acceptors (Lipinski definition) is 3. The van der Waals surface area contributed by atoms with Crippen LogP contribution in [-0.2, 0) is 6.42 Å². The van der Waals surface area contributed by atoms with E-state index < -0.39 is 0 Å². The fraction of sp³-hybridized carbons (Fsp3) is 0.133. The summed E-state index contributed by atoms with van der Waals surface area (Å²) < 4.78 is 18.8. The standard InChI is InChI=1S/C15H11FO2S/c1-9-12-7-10(16)4-5-14(12)18-15(9)13(17)8-11-3-2-6-19-11/h2-7H,8H2,1H3. The van der Waals surface area contributed by atoms with Gasteiger partial charge in [0.05, 0.1) is 0 Å². The molecule has 0 fully saturated rings. The predicted octanol–water partition coefficient (Wildman–Crippen LogP) is 4.37. The molecule has 3 aromatic rings. The number of halogens is 1. The third kappa shape index (κ3) is 2.19. The maximum Gasteiger partial charge on any atom is 0.203 e. The summed E-state index contributed by atoms with van der Waals surface area (Å²) in [5.74, 6) is -0.0702. The first-order valence-electron chi connectivity index (χ1n) is 5.89. The quantitative estimate of drug-likeness (QED) is 0.664. The average Bonchev–Trinajstić information content (AvgIpc) is 2.98. The summed E-state index contributed by atoms with van der Waals surface area (Å²) in [7, 11) is 0. The Balaban J connectivity index is 2.00. The van der Waals surface area contributed by atoms with Gasteiger partial charge in [-0.25, -0.2) is 4.39 Å². The maximum absolute atomic E-state index is 13.2. The van der Waals surface area contributed by atoms with E-state index in [1.807, 2.05) is 17.5 Å². The lowest BCUT2D eigenvalue weighted by Gasteiger charge is -1.96. The van der Waals surface area contributed by atoms with Gasteiger partial charge in [-0.05, 0) is 36.6 Å². The molecule has 0 radical (unpaired) electrons. The molecule has 2 aromatic heterocycles. The zero-order valence-corrected chi connectivity index (χ0v) is 11.1. The van der Waals surface area contributed by atoms with Gasteiger partial charge in [0.1, 0.15) is 11.4 Å². The molecule has 0 spiro atoms. The van der Waals surface area contributed by atoms with Crippen LogP contribution in [0.5, 0.6) is 0 Å². The maximum atomic E-state index is 13.2. The summed E-state index contributed by atoms with van der Waals surface area (Å²) in [6.07, 6.45) is 0.320. The average molecular weight is 274 g/mol. The van der Waals surface area contributed by atoms with Crippen molar-refractivity contribution in [3.05, 3.63) is 57.7 Å². The number of hydrogen-bond donors (Lipinski definition) is 0. The Morgan fingerprint density at radius 2 is 2.21 bits per heavy atom. The largest absolute Gasteiger partial charge is 0.453 e. The fourth-order valence-corrected chi connectivity index (χ4v) is 2.81. The van der Waals surface area contributed by atoms with Crippen LogP contribution in [0, 0.1) is 12.7 Å². The van der Waals surface area contributed by atoms with E-state index in [1.54, 1.807) is 13.0 Å². The highest BCUT2D eigenvalue weighted by Gasteiger charge is 2.18. The second-order valence-electron chi connectivity index (χ2n) is 4.38. The summed E-state index contributed by atoms with van der Waals surface area (Å²) >= 11 is 1.54. The summed E-state index contributed by atoms with van der Waals surface area (Å²) in [4.78, 5) is 13.2. The van der Waals surface area contributed by atoms with Crippen LogP contribution in [-0.4, -0.2) is 5.78 Å². The van der Waals surface area contributed by atoms with Crippen LogP contribution < -0.4 is 0 Å². The number of rotatable bonds is 3. The molecular formula is C15H11FO2S. The number of benzene rings is 1. The molecule has 0 aliphatic carbocycles. The normalized spacial score (nSPS) is 11.1. The molecular weight excluding hydrogens is 263 g/mol. The van der Waals surface area contributed by atoms with Crippen molar-refractivity contribution in [2.75, 3.05) is 0 Å². The molecule has 0 aliphatic heterocycles. The van der Waals surface area contributed by atoms with Crippen LogP contribution in [0.2, 0.25) is 0 Å². The molecule has 0 bridgehead atoms. The Labute approximate surface area is 113 Å². The van der Waals surface area contributed by atoms with Crippen molar-refractivity contribution < 1.29 is 13.6 Å². The number of ketones is 1. The molecule has 0 aliphatic rings. The van der Waals surface area contributed by atoms with E-state index in [-0.39, 0.29) is 11.6 Å². The number of carbonyl (C=O) groups excluding carboxylic acids is 1. The van der Waals surface area contributed by atoms with Crippen LogP contribution in [0.25, 0.3) is 11.0 Å². The van der Waals surface area contributed by atoms with Crippen molar-refractivity contribution in [2.24, 2.45) is 0 Å². The number of thiophene rings is 1. The van der Waals surface area contributed by atoms with Crippen LogP contribution in [0.3, 0.4) is 0 Å². The molecule has 19 heavy (non-hydrogen) atoms. The molecule has 0 atom stereocenters. The zero-order chi connectivity index (χ0) is 13.4. The molecule has 0 unspecified atom stereocenters. The van der Waals surface area contributed by atoms with Gasteiger partial charge in [-0.15, -0.1) is 11.3 Å². The van der Waals surface area contributed by atoms with Gasteiger partial charge in [-0.1, -0.05) is 6.07 Å². The van der Waals surface area contributed by atoms with E-state index in [0.717, 1.165) is 4.88 Å². The first kappa shape index (κ1) is 12.1. The Hall–Kier alpha value is -1.94. The summed E-state index contributed by atoms with van der Waals surface area (Å²) in [5.41, 5.74) is 1.25. The van der Waals surface area contributed by atoms with Gasteiger partial charge in [-0.2, -0.15) is 0 Å². The molecule has 0 saturated heterocycles. The first-order chi connectivity index (χ1) is 9.15. The summed E-state index contributed by atoms with van der Waals surface area (Å²) in [5, 5.41) is 2.60. The number of aryl methyl sites for hydroxylation is 1. The Morgan fingerprint density at radius 3 is 2.95 bits per heavy atom. The SMILES string of the molecule is Cc1c(C(=O)Cc2cccs2)oc2ccc(F)cc12. The third-order valence-electron chi connectivity index (χ3n) is 3.07. The molecule has 96 valence electrons. The van der Waals surface area contributed by atoms with Crippen LogP contribution in [0.15, 0.2) is 40.1 Å². The number of fused-ring (bicyclic) bond motifs is 1. The third-order valence-corrected chi connectivity index (χ3v) is 3.94. The molecule has 3 rings (SSSR count). The van der Waals surface area contributed by atoms with Gasteiger partial charge < -0.3 is 4.42 Å². The zero-order valence-electron chi connectivity index (χ0n) is 10.3. The van der Waals surface area contributed by atoms with E-state index in [4.69, 9.17) is 4.42 Å². The van der Waals surface area contributed by atoms with Gasteiger partial charge >= 0.3 is 0 Å². The van der Waals surface area contributed by atoms with Crippen molar-refractivity contribution >= 4 is 28.1 Å². The Morgan fingerprint density at radius 1 is 1.37 bits per heavy atom. The number of furan rings is 1. The monoisotopic (exact) mass is 274 g/mol. The minimum atomic E-state index is -0.325. The highest BCUT2D eigenvalue weighted by atomic mass is 32.1. The molecule has 4 heteroatoms. The van der Waals surface area contributed by atoms with Crippen molar-refractivity contribution in [1.82, 2.24) is 0 Å². The van der Waals surface area contributed by atoms with E-state index >= 15 is 0 Å². The molecule has 2 heterocycles. The topological polar surface area (TPSA) is 30.2 Å². The van der Waals surface area contributed by atoms with Crippen molar-refractivity contribution in [2.45, 2.75) is 13.3 Å². The van der Waals surface area contributed by atoms with Gasteiger partial charge in [0.15, 0.2) is 5.76 Å². The van der Waals surface area contributed by atoms with Crippen molar-refractivity contribution in [1.29, 1.82) is 0 Å². The fourth-order valence-electron chi connectivity index (χ4n) is 2.11. The van der Waals surface area contributed by atoms with Gasteiger partial charge in [0, 0.05) is 22.2 Å². The minimum Gasteiger partial charge on any atom is -0.453 e. The predicted molar refractivity (Wildman–Crippen MR) is 73.3 cm³/mol. The summed E-state index contributed by atoms with van der Waals surface area (Å²) in [6.45, 7) is 1.78. The van der Waals surface area contributed by atoms with Crippen LogP contribution >= 0.6 is 11.3 Å². The van der Waals surface area contributed by atoms with Crippen molar-refractivity contribution in [3.8, 4) is 0 Å². The molecule has 0 saturated carbocycles. The van der Waals surface area contributed by atoms with Gasteiger partial charge in [0.2, 0.25) is 5.78 Å². The summed E-state index contributed by atoms with van der Waals surface area (Å²) in [6, 6.07) is 8.11. The highest BCUT2D eigenvalue weighted by molar-refractivity contribution is 7.10. The van der Waals surface area contributed by atoms with E-state index in [1.165, 1.54) is 23.5 Å². The van der Waals surface area contributed by atoms with Crippen LogP contribution in [0.1, 0.15) is 21.0 Å². The van der Waals surface area contributed by atoms with E-state index in [0.29, 0.717) is 28.7 Å². The van der Waals surface area contributed by atoms with E-state index in [9.17, 15) is 9.18 Å². The minimum absolute atomic E-state index is 0.0726. The smallest absolute Gasteiger partial charge is 0.203 e. The second-order valence-corrected chi connectivity index (χ2v) is 5.41. The second kappa shape index (κ2) is 4.63. The van der Waals surface area contributed by atoms with E-state index in [2.05, 4.69) is 0 Å². The van der Waals surface area contributed by atoms with Crippen LogP contribution in [0.4, 0.5) is 4.39 Å².